The molecular formula is C20H20N4O5. The summed E-state index contributed by atoms with van der Waals surface area (Å²) in [5.74, 6) is -1.83. The van der Waals surface area contributed by atoms with E-state index in [0.29, 0.717) is 17.0 Å². The lowest BCUT2D eigenvalue weighted by Crippen LogP contribution is -2.39. The Bertz CT molecular complexity index is 1030. The summed E-state index contributed by atoms with van der Waals surface area (Å²) in [7, 11) is 0. The normalized spacial score (nSPS) is 10.6. The van der Waals surface area contributed by atoms with Gasteiger partial charge < -0.3 is 9.47 Å². The predicted octanol–water partition coefficient (Wildman–Crippen LogP) is 1.79. The number of rotatable bonds is 7. The number of fused-ring (bicyclic) bond motifs is 1. The van der Waals surface area contributed by atoms with E-state index in [2.05, 4.69) is 10.1 Å². The van der Waals surface area contributed by atoms with Crippen molar-refractivity contribution in [3.8, 4) is 0 Å². The average molecular weight is 396 g/mol. The zero-order chi connectivity index (χ0) is 20.8. The van der Waals surface area contributed by atoms with Gasteiger partial charge in [-0.3, -0.25) is 14.5 Å². The molecular weight excluding hydrogens is 376 g/mol. The lowest BCUT2D eigenvalue weighted by atomic mass is 10.2. The first-order valence-corrected chi connectivity index (χ1v) is 8.99. The second-order valence-corrected chi connectivity index (χ2v) is 6.04. The Morgan fingerprint density at radius 1 is 1.10 bits per heavy atom. The number of carbonyl (C=O) groups is 3. The third-order valence-electron chi connectivity index (χ3n) is 4.06. The van der Waals surface area contributed by atoms with Gasteiger partial charge in [0.15, 0.2) is 12.3 Å². The quantitative estimate of drug-likeness (QED) is 0.561. The molecule has 29 heavy (non-hydrogen) atoms. The summed E-state index contributed by atoms with van der Waals surface area (Å²) >= 11 is 0. The van der Waals surface area contributed by atoms with E-state index in [1.165, 1.54) is 15.6 Å². The molecule has 0 radical (unpaired) electrons. The second-order valence-electron chi connectivity index (χ2n) is 6.04. The molecule has 0 bridgehead atoms. The van der Waals surface area contributed by atoms with Gasteiger partial charge in [-0.15, -0.1) is 0 Å². The van der Waals surface area contributed by atoms with Crippen molar-refractivity contribution in [3.05, 3.63) is 60.0 Å². The van der Waals surface area contributed by atoms with Crippen LogP contribution in [0.5, 0.6) is 0 Å². The topological polar surface area (TPSA) is 103 Å². The van der Waals surface area contributed by atoms with Crippen LogP contribution in [0.2, 0.25) is 0 Å². The van der Waals surface area contributed by atoms with Crippen LogP contribution in [0, 0.1) is 6.92 Å². The predicted molar refractivity (Wildman–Crippen MR) is 103 cm³/mol. The number of hydrogen-bond donors (Lipinski definition) is 0. The minimum atomic E-state index is -0.714. The van der Waals surface area contributed by atoms with Crippen LogP contribution in [-0.4, -0.2) is 52.2 Å². The molecule has 0 saturated carbocycles. The van der Waals surface area contributed by atoms with Crippen LogP contribution in [0.1, 0.15) is 23.0 Å². The van der Waals surface area contributed by atoms with E-state index >= 15 is 0 Å². The number of benzene rings is 1. The van der Waals surface area contributed by atoms with Gasteiger partial charge in [0.2, 0.25) is 0 Å². The highest BCUT2D eigenvalue weighted by molar-refractivity contribution is 6.01. The number of aryl methyl sites for hydroxylation is 1. The highest BCUT2D eigenvalue weighted by Crippen LogP contribution is 2.16. The first kappa shape index (κ1) is 20.0. The van der Waals surface area contributed by atoms with E-state index in [9.17, 15) is 14.4 Å². The van der Waals surface area contributed by atoms with E-state index in [4.69, 9.17) is 9.47 Å². The van der Waals surface area contributed by atoms with Crippen LogP contribution >= 0.6 is 0 Å². The van der Waals surface area contributed by atoms with Crippen LogP contribution < -0.4 is 4.90 Å². The van der Waals surface area contributed by atoms with Gasteiger partial charge in [-0.2, -0.15) is 5.10 Å². The van der Waals surface area contributed by atoms with Crippen molar-refractivity contribution in [2.24, 2.45) is 0 Å². The molecule has 0 atom stereocenters. The van der Waals surface area contributed by atoms with Crippen molar-refractivity contribution in [1.82, 2.24) is 14.6 Å². The Morgan fingerprint density at radius 3 is 2.59 bits per heavy atom. The highest BCUT2D eigenvalue weighted by Gasteiger charge is 2.24. The van der Waals surface area contributed by atoms with Gasteiger partial charge in [-0.25, -0.2) is 14.3 Å². The highest BCUT2D eigenvalue weighted by atomic mass is 16.5. The smallest absolute Gasteiger partial charge is 0.344 e. The van der Waals surface area contributed by atoms with Crippen molar-refractivity contribution >= 4 is 29.2 Å². The molecule has 0 fully saturated rings. The molecule has 1 aromatic carbocycles. The van der Waals surface area contributed by atoms with Gasteiger partial charge in [0, 0.05) is 18.1 Å². The van der Waals surface area contributed by atoms with E-state index in [1.807, 2.05) is 0 Å². The van der Waals surface area contributed by atoms with Crippen LogP contribution in [-0.2, 0) is 19.1 Å². The number of esters is 2. The number of nitrogens with zero attached hydrogens (tertiary/aromatic N) is 4. The van der Waals surface area contributed by atoms with Crippen LogP contribution in [0.15, 0.2) is 48.8 Å². The van der Waals surface area contributed by atoms with Crippen molar-refractivity contribution in [3.63, 3.8) is 0 Å². The summed E-state index contributed by atoms with van der Waals surface area (Å²) < 4.78 is 11.6. The van der Waals surface area contributed by atoms with E-state index in [1.54, 1.807) is 56.4 Å². The molecule has 3 aromatic rings. The maximum absolute atomic E-state index is 12.7. The summed E-state index contributed by atoms with van der Waals surface area (Å²) in [6, 6.07) is 10.3. The molecule has 0 saturated heterocycles. The largest absolute Gasteiger partial charge is 0.465 e. The maximum Gasteiger partial charge on any atom is 0.344 e. The van der Waals surface area contributed by atoms with Gasteiger partial charge >= 0.3 is 11.9 Å². The standard InChI is InChI=1S/C20H20N4O5/c1-3-28-17(26)12-23(15-8-5-4-6-9-15)16(25)13-29-20(27)18-14(2)22-24-11-7-10-21-19(18)24/h4-11H,3,12-13H2,1-2H3. The fraction of sp³-hybridized carbons (Fsp3) is 0.250. The summed E-state index contributed by atoms with van der Waals surface area (Å²) in [4.78, 5) is 42.5. The second kappa shape index (κ2) is 8.96. The zero-order valence-corrected chi connectivity index (χ0v) is 16.1. The molecule has 150 valence electrons. The van der Waals surface area contributed by atoms with E-state index in [0.717, 1.165) is 0 Å². The van der Waals surface area contributed by atoms with Crippen molar-refractivity contribution in [2.45, 2.75) is 13.8 Å². The number of anilines is 1. The Morgan fingerprint density at radius 2 is 1.86 bits per heavy atom. The summed E-state index contributed by atoms with van der Waals surface area (Å²) in [6.07, 6.45) is 3.20. The third-order valence-corrected chi connectivity index (χ3v) is 4.06. The first-order chi connectivity index (χ1) is 14.0. The Kier molecular flexibility index (Phi) is 6.18. The van der Waals surface area contributed by atoms with E-state index < -0.39 is 24.5 Å². The fourth-order valence-corrected chi connectivity index (χ4v) is 2.78. The van der Waals surface area contributed by atoms with Gasteiger partial charge in [0.25, 0.3) is 5.91 Å². The summed E-state index contributed by atoms with van der Waals surface area (Å²) in [5.41, 5.74) is 1.46. The third kappa shape index (κ3) is 4.57. The number of ether oxygens (including phenoxy) is 2. The molecule has 0 aliphatic carbocycles. The Labute approximate surface area is 166 Å². The summed E-state index contributed by atoms with van der Waals surface area (Å²) in [5, 5.41) is 4.20. The molecule has 2 heterocycles. The molecule has 9 heteroatoms. The summed E-state index contributed by atoms with van der Waals surface area (Å²) in [6.45, 7) is 2.71. The van der Waals surface area contributed by atoms with Gasteiger partial charge in [0.05, 0.1) is 12.3 Å². The molecule has 9 nitrogen and oxygen atoms in total. The number of carbonyl (C=O) groups excluding carboxylic acids is 3. The van der Waals surface area contributed by atoms with Gasteiger partial charge in [-0.1, -0.05) is 18.2 Å². The average Bonchev–Trinajstić information content (AvgIpc) is 3.06. The fourth-order valence-electron chi connectivity index (χ4n) is 2.78. The number of aromatic nitrogens is 3. The molecule has 1 amide bonds. The molecule has 0 N–H and O–H groups in total. The molecule has 0 aliphatic rings. The molecule has 0 spiro atoms. The van der Waals surface area contributed by atoms with Gasteiger partial charge in [-0.05, 0) is 32.0 Å². The Balaban J connectivity index is 1.74. The van der Waals surface area contributed by atoms with Crippen molar-refractivity contribution < 1.29 is 23.9 Å². The SMILES string of the molecule is CCOC(=O)CN(C(=O)COC(=O)c1c(C)nn2cccnc12)c1ccccc1. The first-order valence-electron chi connectivity index (χ1n) is 8.99. The zero-order valence-electron chi connectivity index (χ0n) is 16.1. The minimum Gasteiger partial charge on any atom is -0.465 e. The van der Waals surface area contributed by atoms with Gasteiger partial charge in [0.1, 0.15) is 12.1 Å². The van der Waals surface area contributed by atoms with Crippen LogP contribution in [0.3, 0.4) is 0 Å². The number of hydrogen-bond acceptors (Lipinski definition) is 7. The van der Waals surface area contributed by atoms with Crippen molar-refractivity contribution in [2.75, 3.05) is 24.7 Å². The molecule has 2 aromatic heterocycles. The molecule has 3 rings (SSSR count). The number of para-hydroxylation sites is 1. The Hall–Kier alpha value is -3.75. The molecule has 0 aliphatic heterocycles. The van der Waals surface area contributed by atoms with Crippen LogP contribution in [0.4, 0.5) is 5.69 Å². The lowest BCUT2D eigenvalue weighted by Gasteiger charge is -2.21. The minimum absolute atomic E-state index is 0.190. The van der Waals surface area contributed by atoms with Crippen molar-refractivity contribution in [1.29, 1.82) is 0 Å². The monoisotopic (exact) mass is 396 g/mol. The maximum atomic E-state index is 12.7. The van der Waals surface area contributed by atoms with Crippen LogP contribution in [0.25, 0.3) is 5.65 Å². The molecule has 0 unspecified atom stereocenters. The van der Waals surface area contributed by atoms with E-state index in [-0.39, 0.29) is 18.7 Å². The number of amides is 1. The lowest BCUT2D eigenvalue weighted by molar-refractivity contribution is -0.142.